The van der Waals surface area contributed by atoms with Gasteiger partial charge in [0.05, 0.1) is 5.69 Å². The molecule has 4 nitrogen and oxygen atoms in total. The fourth-order valence-corrected chi connectivity index (χ4v) is 1.62. The van der Waals surface area contributed by atoms with Crippen LogP contribution in [0.1, 0.15) is 25.0 Å². The number of hydrogen-bond acceptors (Lipinski definition) is 4. The molecule has 13 heavy (non-hydrogen) atoms. The predicted octanol–water partition coefficient (Wildman–Crippen LogP) is 1.12. The Morgan fingerprint density at radius 2 is 2.15 bits per heavy atom. The summed E-state index contributed by atoms with van der Waals surface area (Å²) in [6.45, 7) is 2.58. The van der Waals surface area contributed by atoms with E-state index < -0.39 is 0 Å². The zero-order chi connectivity index (χ0) is 9.10. The fourth-order valence-electron chi connectivity index (χ4n) is 1.62. The molecule has 1 aliphatic rings. The summed E-state index contributed by atoms with van der Waals surface area (Å²) < 4.78 is 5.33. The van der Waals surface area contributed by atoms with Crippen LogP contribution in [0.4, 0.5) is 6.01 Å². The van der Waals surface area contributed by atoms with E-state index in [2.05, 4.69) is 9.88 Å². The van der Waals surface area contributed by atoms with Crippen molar-refractivity contribution in [3.8, 4) is 0 Å². The van der Waals surface area contributed by atoms with Crippen LogP contribution in [0.5, 0.6) is 0 Å². The van der Waals surface area contributed by atoms with Crippen LogP contribution in [-0.2, 0) is 6.54 Å². The van der Waals surface area contributed by atoms with Gasteiger partial charge >= 0.3 is 0 Å². The van der Waals surface area contributed by atoms with Gasteiger partial charge in [0.2, 0.25) is 0 Å². The lowest BCUT2D eigenvalue weighted by molar-refractivity contribution is 0.491. The first-order valence-electron chi connectivity index (χ1n) is 4.79. The maximum Gasteiger partial charge on any atom is 0.297 e. The molecule has 72 valence electrons. The topological polar surface area (TPSA) is 55.3 Å². The van der Waals surface area contributed by atoms with E-state index in [0.717, 1.165) is 24.8 Å². The molecule has 2 rings (SSSR count). The zero-order valence-corrected chi connectivity index (χ0v) is 7.70. The van der Waals surface area contributed by atoms with Crippen LogP contribution in [0.3, 0.4) is 0 Å². The van der Waals surface area contributed by atoms with Gasteiger partial charge in [-0.3, -0.25) is 0 Å². The van der Waals surface area contributed by atoms with Crippen molar-refractivity contribution in [1.82, 2.24) is 4.98 Å². The van der Waals surface area contributed by atoms with Gasteiger partial charge in [0.1, 0.15) is 6.26 Å². The van der Waals surface area contributed by atoms with E-state index in [1.54, 1.807) is 6.26 Å². The molecule has 0 unspecified atom stereocenters. The number of hydrogen-bond donors (Lipinski definition) is 1. The molecular formula is C9H15N3O. The second-order valence-electron chi connectivity index (χ2n) is 3.37. The summed E-state index contributed by atoms with van der Waals surface area (Å²) in [4.78, 5) is 6.47. The number of nitrogens with zero attached hydrogens (tertiary/aromatic N) is 2. The Morgan fingerprint density at radius 3 is 2.77 bits per heavy atom. The van der Waals surface area contributed by atoms with Crippen molar-refractivity contribution in [2.24, 2.45) is 5.73 Å². The molecule has 0 aromatic carbocycles. The fraction of sp³-hybridized carbons (Fsp3) is 0.667. The number of anilines is 1. The maximum atomic E-state index is 5.45. The first kappa shape index (κ1) is 8.56. The number of oxazole rings is 1. The van der Waals surface area contributed by atoms with Gasteiger partial charge in [-0.2, -0.15) is 4.98 Å². The quantitative estimate of drug-likeness (QED) is 0.743. The molecule has 2 heterocycles. The van der Waals surface area contributed by atoms with Crippen LogP contribution in [0.15, 0.2) is 10.7 Å². The molecule has 0 amide bonds. The third kappa shape index (κ3) is 1.83. The normalized spacial score (nSPS) is 17.8. The van der Waals surface area contributed by atoms with Crippen LogP contribution < -0.4 is 10.6 Å². The van der Waals surface area contributed by atoms with E-state index >= 15 is 0 Å². The zero-order valence-electron chi connectivity index (χ0n) is 7.70. The number of piperidine rings is 1. The van der Waals surface area contributed by atoms with E-state index in [0.29, 0.717) is 6.54 Å². The van der Waals surface area contributed by atoms with Gasteiger partial charge in [0, 0.05) is 19.6 Å². The highest BCUT2D eigenvalue weighted by molar-refractivity contribution is 5.27. The summed E-state index contributed by atoms with van der Waals surface area (Å²) in [6, 6.07) is 0.736. The SMILES string of the molecule is NCc1coc(N2CCCCC2)n1. The Kier molecular flexibility index (Phi) is 2.49. The predicted molar refractivity (Wildman–Crippen MR) is 50.5 cm³/mol. The molecule has 1 aromatic rings. The van der Waals surface area contributed by atoms with Crippen LogP contribution >= 0.6 is 0 Å². The minimum Gasteiger partial charge on any atom is -0.432 e. The van der Waals surface area contributed by atoms with E-state index in [9.17, 15) is 0 Å². The van der Waals surface area contributed by atoms with Crippen molar-refractivity contribution in [3.63, 3.8) is 0 Å². The second-order valence-corrected chi connectivity index (χ2v) is 3.37. The summed E-state index contributed by atoms with van der Waals surface area (Å²) >= 11 is 0. The molecule has 2 N–H and O–H groups in total. The lowest BCUT2D eigenvalue weighted by Gasteiger charge is -2.24. The third-order valence-electron chi connectivity index (χ3n) is 2.38. The summed E-state index contributed by atoms with van der Waals surface area (Å²) in [6.07, 6.45) is 5.44. The van der Waals surface area contributed by atoms with Gasteiger partial charge in [-0.05, 0) is 19.3 Å². The van der Waals surface area contributed by atoms with Crippen LogP contribution in [0, 0.1) is 0 Å². The van der Waals surface area contributed by atoms with Crippen molar-refractivity contribution in [2.75, 3.05) is 18.0 Å². The van der Waals surface area contributed by atoms with Crippen LogP contribution in [0.2, 0.25) is 0 Å². The number of nitrogens with two attached hydrogens (primary N) is 1. The minimum absolute atomic E-state index is 0.456. The second kappa shape index (κ2) is 3.79. The summed E-state index contributed by atoms with van der Waals surface area (Å²) in [5.41, 5.74) is 6.29. The van der Waals surface area contributed by atoms with Crippen molar-refractivity contribution >= 4 is 6.01 Å². The third-order valence-corrected chi connectivity index (χ3v) is 2.38. The molecule has 1 fully saturated rings. The van der Waals surface area contributed by atoms with Crippen LogP contribution in [0.25, 0.3) is 0 Å². The standard InChI is InChI=1S/C9H15N3O/c10-6-8-7-13-9(11-8)12-4-2-1-3-5-12/h7H,1-6,10H2. The first-order valence-corrected chi connectivity index (χ1v) is 4.79. The number of rotatable bonds is 2. The van der Waals surface area contributed by atoms with Crippen molar-refractivity contribution in [1.29, 1.82) is 0 Å². The molecule has 0 bridgehead atoms. The lowest BCUT2D eigenvalue weighted by atomic mass is 10.1. The van der Waals surface area contributed by atoms with Gasteiger partial charge in [-0.25, -0.2) is 0 Å². The summed E-state index contributed by atoms with van der Waals surface area (Å²) in [5.74, 6) is 0. The summed E-state index contributed by atoms with van der Waals surface area (Å²) in [5, 5.41) is 0. The highest BCUT2D eigenvalue weighted by atomic mass is 16.4. The Hall–Kier alpha value is -1.03. The van der Waals surface area contributed by atoms with Gasteiger partial charge in [0.25, 0.3) is 6.01 Å². The van der Waals surface area contributed by atoms with Crippen molar-refractivity contribution in [2.45, 2.75) is 25.8 Å². The minimum atomic E-state index is 0.456. The van der Waals surface area contributed by atoms with E-state index in [4.69, 9.17) is 10.2 Å². The Balaban J connectivity index is 2.05. The highest BCUT2D eigenvalue weighted by Crippen LogP contribution is 2.18. The molecule has 0 atom stereocenters. The average molecular weight is 181 g/mol. The van der Waals surface area contributed by atoms with Gasteiger partial charge < -0.3 is 15.1 Å². The van der Waals surface area contributed by atoms with Gasteiger partial charge in [0.15, 0.2) is 0 Å². The first-order chi connectivity index (χ1) is 6.40. The van der Waals surface area contributed by atoms with Crippen molar-refractivity contribution < 1.29 is 4.42 Å². The Bertz CT molecular complexity index is 266. The van der Waals surface area contributed by atoms with Gasteiger partial charge in [-0.15, -0.1) is 0 Å². The van der Waals surface area contributed by atoms with E-state index in [1.165, 1.54) is 19.3 Å². The smallest absolute Gasteiger partial charge is 0.297 e. The molecular weight excluding hydrogens is 166 g/mol. The monoisotopic (exact) mass is 181 g/mol. The van der Waals surface area contributed by atoms with E-state index in [-0.39, 0.29) is 0 Å². The lowest BCUT2D eigenvalue weighted by Crippen LogP contribution is -2.29. The molecule has 1 saturated heterocycles. The summed E-state index contributed by atoms with van der Waals surface area (Å²) in [7, 11) is 0. The molecule has 1 aromatic heterocycles. The Morgan fingerprint density at radius 1 is 1.38 bits per heavy atom. The molecule has 0 radical (unpaired) electrons. The Labute approximate surface area is 77.7 Å². The van der Waals surface area contributed by atoms with Gasteiger partial charge in [-0.1, -0.05) is 0 Å². The van der Waals surface area contributed by atoms with Crippen molar-refractivity contribution in [3.05, 3.63) is 12.0 Å². The number of aromatic nitrogens is 1. The molecule has 4 heteroatoms. The highest BCUT2D eigenvalue weighted by Gasteiger charge is 2.15. The average Bonchev–Trinajstić information content (AvgIpc) is 2.67. The molecule has 1 aliphatic heterocycles. The molecule has 0 aliphatic carbocycles. The molecule has 0 saturated carbocycles. The largest absolute Gasteiger partial charge is 0.432 e. The van der Waals surface area contributed by atoms with E-state index in [1.807, 2.05) is 0 Å². The maximum absolute atomic E-state index is 5.45. The van der Waals surface area contributed by atoms with Crippen LogP contribution in [-0.4, -0.2) is 18.1 Å². The molecule has 0 spiro atoms.